The van der Waals surface area contributed by atoms with E-state index in [4.69, 9.17) is 16.3 Å². The number of cyclic esters (lactones) is 1. The molecule has 1 heterocycles. The van der Waals surface area contributed by atoms with Gasteiger partial charge in [-0.1, -0.05) is 30.3 Å². The number of ether oxygens (including phenoxy) is 1. The SMILES string of the molecule is O=C(Cl)C(c1ccccc1)N1CCOC1=O. The molecule has 0 spiro atoms. The maximum absolute atomic E-state index is 11.4. The van der Waals surface area contributed by atoms with Gasteiger partial charge >= 0.3 is 6.09 Å². The van der Waals surface area contributed by atoms with Gasteiger partial charge in [-0.2, -0.15) is 0 Å². The van der Waals surface area contributed by atoms with E-state index in [0.717, 1.165) is 0 Å². The Kier molecular flexibility index (Phi) is 3.10. The van der Waals surface area contributed by atoms with Crippen molar-refractivity contribution in [3.63, 3.8) is 0 Å². The normalized spacial score (nSPS) is 17.1. The molecule has 1 saturated heterocycles. The topological polar surface area (TPSA) is 46.6 Å². The quantitative estimate of drug-likeness (QED) is 0.758. The molecule has 1 aliphatic heterocycles. The zero-order valence-corrected chi connectivity index (χ0v) is 9.18. The molecule has 1 aliphatic rings. The van der Waals surface area contributed by atoms with Gasteiger partial charge in [-0.3, -0.25) is 9.69 Å². The minimum Gasteiger partial charge on any atom is -0.448 e. The molecule has 1 unspecified atom stereocenters. The van der Waals surface area contributed by atoms with E-state index in [9.17, 15) is 9.59 Å². The molecular formula is C11H10ClNO3. The number of hydrogen-bond donors (Lipinski definition) is 0. The Morgan fingerprint density at radius 2 is 2.06 bits per heavy atom. The maximum Gasteiger partial charge on any atom is 0.410 e. The van der Waals surface area contributed by atoms with E-state index >= 15 is 0 Å². The fourth-order valence-electron chi connectivity index (χ4n) is 1.71. The highest BCUT2D eigenvalue weighted by Gasteiger charge is 2.34. The van der Waals surface area contributed by atoms with Crippen LogP contribution in [0.5, 0.6) is 0 Å². The van der Waals surface area contributed by atoms with Crippen LogP contribution in [0.3, 0.4) is 0 Å². The van der Waals surface area contributed by atoms with Crippen molar-refractivity contribution in [3.8, 4) is 0 Å². The van der Waals surface area contributed by atoms with Crippen LogP contribution >= 0.6 is 11.6 Å². The summed E-state index contributed by atoms with van der Waals surface area (Å²) in [5.74, 6) is 0. The summed E-state index contributed by atoms with van der Waals surface area (Å²) in [5.41, 5.74) is 0.696. The van der Waals surface area contributed by atoms with Crippen molar-refractivity contribution in [2.45, 2.75) is 6.04 Å². The summed E-state index contributed by atoms with van der Waals surface area (Å²) < 4.78 is 4.79. The Labute approximate surface area is 97.7 Å². The molecule has 1 aromatic carbocycles. The molecule has 2 rings (SSSR count). The van der Waals surface area contributed by atoms with Crippen LogP contribution in [0.1, 0.15) is 11.6 Å². The van der Waals surface area contributed by atoms with Crippen molar-refractivity contribution in [3.05, 3.63) is 35.9 Å². The molecule has 1 atom stereocenters. The van der Waals surface area contributed by atoms with E-state index in [1.807, 2.05) is 6.07 Å². The number of carbonyl (C=O) groups is 2. The number of halogens is 1. The fraction of sp³-hybridized carbons (Fsp3) is 0.273. The Hall–Kier alpha value is -1.55. The number of benzene rings is 1. The summed E-state index contributed by atoms with van der Waals surface area (Å²) in [5, 5.41) is -0.579. The van der Waals surface area contributed by atoms with Gasteiger partial charge in [0.1, 0.15) is 12.6 Å². The first kappa shape index (κ1) is 11.0. The zero-order valence-electron chi connectivity index (χ0n) is 8.43. The minimum absolute atomic E-state index is 0.298. The standard InChI is InChI=1S/C11H10ClNO3/c12-10(14)9(8-4-2-1-3-5-8)13-6-7-16-11(13)15/h1-5,9H,6-7H2. The highest BCUT2D eigenvalue weighted by atomic mass is 35.5. The number of nitrogens with zero attached hydrogens (tertiary/aromatic N) is 1. The van der Waals surface area contributed by atoms with Gasteiger partial charge in [0.05, 0.1) is 6.54 Å². The molecule has 5 heteroatoms. The van der Waals surface area contributed by atoms with Crippen LogP contribution in [0.4, 0.5) is 4.79 Å². The van der Waals surface area contributed by atoms with E-state index in [-0.39, 0.29) is 0 Å². The van der Waals surface area contributed by atoms with Crippen LogP contribution in [0, 0.1) is 0 Å². The molecule has 0 saturated carbocycles. The largest absolute Gasteiger partial charge is 0.448 e. The molecule has 16 heavy (non-hydrogen) atoms. The summed E-state index contributed by atoms with van der Waals surface area (Å²) in [6, 6.07) is 8.19. The lowest BCUT2D eigenvalue weighted by Crippen LogP contribution is -2.33. The predicted octanol–water partition coefficient (Wildman–Crippen LogP) is 1.95. The van der Waals surface area contributed by atoms with Gasteiger partial charge in [-0.25, -0.2) is 4.79 Å². The Bertz CT molecular complexity index is 407. The molecule has 1 aromatic rings. The Morgan fingerprint density at radius 1 is 1.38 bits per heavy atom. The highest BCUT2D eigenvalue weighted by molar-refractivity contribution is 6.64. The third-order valence-corrected chi connectivity index (χ3v) is 2.64. The van der Waals surface area contributed by atoms with Crippen molar-refractivity contribution in [2.24, 2.45) is 0 Å². The lowest BCUT2D eigenvalue weighted by Gasteiger charge is -2.22. The second-order valence-electron chi connectivity index (χ2n) is 3.43. The highest BCUT2D eigenvalue weighted by Crippen LogP contribution is 2.26. The van der Waals surface area contributed by atoms with Crippen LogP contribution < -0.4 is 0 Å². The van der Waals surface area contributed by atoms with Crippen LogP contribution in [-0.2, 0) is 9.53 Å². The molecular weight excluding hydrogens is 230 g/mol. The molecule has 84 valence electrons. The van der Waals surface area contributed by atoms with Crippen molar-refractivity contribution in [1.82, 2.24) is 4.90 Å². The van der Waals surface area contributed by atoms with Crippen molar-refractivity contribution in [2.75, 3.05) is 13.2 Å². The van der Waals surface area contributed by atoms with E-state index < -0.39 is 17.4 Å². The van der Waals surface area contributed by atoms with Crippen LogP contribution in [0.25, 0.3) is 0 Å². The van der Waals surface area contributed by atoms with E-state index in [0.29, 0.717) is 18.7 Å². The number of rotatable bonds is 3. The van der Waals surface area contributed by atoms with E-state index in [2.05, 4.69) is 0 Å². The maximum atomic E-state index is 11.4. The van der Waals surface area contributed by atoms with E-state index in [1.165, 1.54) is 4.90 Å². The molecule has 1 amide bonds. The van der Waals surface area contributed by atoms with Gasteiger partial charge in [0.25, 0.3) is 0 Å². The molecule has 0 aliphatic carbocycles. The summed E-state index contributed by atoms with van der Waals surface area (Å²) >= 11 is 5.54. The minimum atomic E-state index is -0.752. The summed E-state index contributed by atoms with van der Waals surface area (Å²) in [4.78, 5) is 24.1. The molecule has 0 bridgehead atoms. The van der Waals surface area contributed by atoms with Crippen molar-refractivity contribution >= 4 is 22.9 Å². The van der Waals surface area contributed by atoms with E-state index in [1.54, 1.807) is 24.3 Å². The molecule has 4 nitrogen and oxygen atoms in total. The second kappa shape index (κ2) is 4.53. The number of amides is 1. The Balaban J connectivity index is 2.31. The van der Waals surface area contributed by atoms with Crippen LogP contribution in [0.2, 0.25) is 0 Å². The Morgan fingerprint density at radius 3 is 2.56 bits per heavy atom. The smallest absolute Gasteiger partial charge is 0.410 e. The molecule has 0 radical (unpaired) electrons. The lowest BCUT2D eigenvalue weighted by molar-refractivity contribution is -0.115. The monoisotopic (exact) mass is 239 g/mol. The fourth-order valence-corrected chi connectivity index (χ4v) is 1.95. The number of hydrogen-bond acceptors (Lipinski definition) is 3. The molecule has 0 N–H and O–H groups in total. The first-order valence-corrected chi connectivity index (χ1v) is 5.25. The van der Waals surface area contributed by atoms with Crippen LogP contribution in [0.15, 0.2) is 30.3 Å². The van der Waals surface area contributed by atoms with Gasteiger partial charge in [-0.05, 0) is 17.2 Å². The zero-order chi connectivity index (χ0) is 11.5. The summed E-state index contributed by atoms with van der Waals surface area (Å²) in [6.45, 7) is 0.684. The van der Waals surface area contributed by atoms with Crippen molar-refractivity contribution < 1.29 is 14.3 Å². The van der Waals surface area contributed by atoms with Crippen LogP contribution in [-0.4, -0.2) is 29.4 Å². The first-order chi connectivity index (χ1) is 7.70. The third kappa shape index (κ3) is 2.02. The second-order valence-corrected chi connectivity index (χ2v) is 3.80. The number of carbonyl (C=O) groups excluding carboxylic acids is 2. The van der Waals surface area contributed by atoms with Crippen molar-refractivity contribution in [1.29, 1.82) is 0 Å². The first-order valence-electron chi connectivity index (χ1n) is 4.88. The lowest BCUT2D eigenvalue weighted by atomic mass is 10.1. The summed E-state index contributed by atoms with van der Waals surface area (Å²) in [6.07, 6.45) is -0.497. The molecule has 0 aromatic heterocycles. The van der Waals surface area contributed by atoms with Gasteiger partial charge < -0.3 is 4.74 Å². The van der Waals surface area contributed by atoms with Gasteiger partial charge in [-0.15, -0.1) is 0 Å². The average Bonchev–Trinajstić information content (AvgIpc) is 2.66. The predicted molar refractivity (Wildman–Crippen MR) is 58.1 cm³/mol. The van der Waals surface area contributed by atoms with Gasteiger partial charge in [0.2, 0.25) is 5.24 Å². The third-order valence-electron chi connectivity index (χ3n) is 2.43. The average molecular weight is 240 g/mol. The molecule has 1 fully saturated rings. The van der Waals surface area contributed by atoms with Gasteiger partial charge in [0.15, 0.2) is 0 Å². The summed E-state index contributed by atoms with van der Waals surface area (Å²) in [7, 11) is 0. The van der Waals surface area contributed by atoms with Gasteiger partial charge in [0, 0.05) is 0 Å².